The molecular formula is C19H16I2N2O3S. The maximum Gasteiger partial charge on any atom is 0.266 e. The first-order valence-corrected chi connectivity index (χ1v) is 11.0. The van der Waals surface area contributed by atoms with Gasteiger partial charge in [-0.05, 0) is 106 Å². The van der Waals surface area contributed by atoms with Crippen molar-refractivity contribution in [1.29, 1.82) is 0 Å². The zero-order chi connectivity index (χ0) is 19.6. The van der Waals surface area contributed by atoms with Crippen LogP contribution in [0.5, 0.6) is 11.5 Å². The Balaban J connectivity index is 1.96. The molecular weight excluding hydrogens is 590 g/mol. The Kier molecular flexibility index (Phi) is 6.69. The molecule has 1 saturated heterocycles. The highest BCUT2D eigenvalue weighted by Gasteiger charge is 2.32. The van der Waals surface area contributed by atoms with Crippen LogP contribution in [-0.2, 0) is 4.79 Å². The van der Waals surface area contributed by atoms with Crippen LogP contribution in [0.25, 0.3) is 6.08 Å². The van der Waals surface area contributed by atoms with Gasteiger partial charge in [-0.15, -0.1) is 0 Å². The Morgan fingerprint density at radius 3 is 2.59 bits per heavy atom. The summed E-state index contributed by atoms with van der Waals surface area (Å²) in [6.45, 7) is 2.44. The van der Waals surface area contributed by atoms with Gasteiger partial charge in [-0.2, -0.15) is 0 Å². The number of phenols is 1. The van der Waals surface area contributed by atoms with Crippen molar-refractivity contribution in [2.45, 2.75) is 6.92 Å². The minimum Gasteiger partial charge on any atom is -0.506 e. The molecule has 8 heteroatoms. The first-order chi connectivity index (χ1) is 12.9. The smallest absolute Gasteiger partial charge is 0.266 e. The number of ether oxygens (including phenoxy) is 1. The highest BCUT2D eigenvalue weighted by atomic mass is 127. The summed E-state index contributed by atoms with van der Waals surface area (Å²) in [5.74, 6) is 0.828. The maximum absolute atomic E-state index is 12.8. The lowest BCUT2D eigenvalue weighted by molar-refractivity contribution is -0.122. The first kappa shape index (κ1) is 20.5. The number of hydrogen-bond acceptors (Lipinski definition) is 5. The van der Waals surface area contributed by atoms with Gasteiger partial charge in [0.1, 0.15) is 11.5 Å². The van der Waals surface area contributed by atoms with Crippen molar-refractivity contribution in [1.82, 2.24) is 4.90 Å². The largest absolute Gasteiger partial charge is 0.506 e. The molecule has 0 bridgehead atoms. The monoisotopic (exact) mass is 606 g/mol. The lowest BCUT2D eigenvalue weighted by Crippen LogP contribution is -2.28. The van der Waals surface area contributed by atoms with Crippen LogP contribution in [0, 0.1) is 7.14 Å². The summed E-state index contributed by atoms with van der Waals surface area (Å²) < 4.78 is 6.91. The summed E-state index contributed by atoms with van der Waals surface area (Å²) in [6, 6.07) is 11.1. The van der Waals surface area contributed by atoms with E-state index < -0.39 is 0 Å². The number of carbonyl (C=O) groups is 1. The Morgan fingerprint density at radius 1 is 1.26 bits per heavy atom. The Bertz CT molecular complexity index is 943. The number of halogens is 2. The number of carbonyl (C=O) groups excluding carboxylic acids is 1. The van der Waals surface area contributed by atoms with Crippen molar-refractivity contribution in [3.05, 3.63) is 54.0 Å². The summed E-state index contributed by atoms with van der Waals surface area (Å²) in [6.07, 6.45) is 1.73. The fourth-order valence-corrected chi connectivity index (χ4v) is 5.42. The fraction of sp³-hybridized carbons (Fsp3) is 0.158. The molecule has 0 radical (unpaired) electrons. The molecule has 0 aliphatic carbocycles. The topological polar surface area (TPSA) is 62.1 Å². The highest BCUT2D eigenvalue weighted by Crippen LogP contribution is 2.36. The van der Waals surface area contributed by atoms with Crippen molar-refractivity contribution in [3.8, 4) is 11.5 Å². The Hall–Kier alpha value is -1.27. The van der Waals surface area contributed by atoms with Crippen LogP contribution in [-0.4, -0.2) is 34.7 Å². The van der Waals surface area contributed by atoms with E-state index in [9.17, 15) is 9.90 Å². The zero-order valence-corrected chi connectivity index (χ0v) is 19.7. The number of aromatic hydroxyl groups is 1. The molecule has 3 rings (SSSR count). The van der Waals surface area contributed by atoms with Gasteiger partial charge in [0.25, 0.3) is 5.91 Å². The van der Waals surface area contributed by atoms with Gasteiger partial charge in [-0.25, -0.2) is 4.99 Å². The second kappa shape index (κ2) is 8.82. The predicted octanol–water partition coefficient (Wildman–Crippen LogP) is 5.23. The molecule has 1 aliphatic rings. The highest BCUT2D eigenvalue weighted by molar-refractivity contribution is 14.1. The average Bonchev–Trinajstić information content (AvgIpc) is 2.94. The predicted molar refractivity (Wildman–Crippen MR) is 127 cm³/mol. The lowest BCUT2D eigenvalue weighted by atomic mass is 10.2. The molecule has 0 unspecified atom stereocenters. The Morgan fingerprint density at radius 2 is 1.96 bits per heavy atom. The summed E-state index contributed by atoms with van der Waals surface area (Å²) in [4.78, 5) is 19.6. The summed E-state index contributed by atoms with van der Waals surface area (Å²) in [5, 5.41) is 10.9. The molecule has 1 amide bonds. The number of likely N-dealkylation sites (N-methyl/N-ethyl adjacent to an activating group) is 1. The van der Waals surface area contributed by atoms with E-state index in [0.717, 1.165) is 18.6 Å². The SMILES string of the molecule is CCN1C(=O)/C(=C\c2cc(I)cc(I)c2O)SC1=Nc1ccc(OC)cc1. The number of hydrogen-bond donors (Lipinski definition) is 1. The van der Waals surface area contributed by atoms with Crippen LogP contribution in [0.2, 0.25) is 0 Å². The second-order valence-electron chi connectivity index (χ2n) is 5.58. The fourth-order valence-electron chi connectivity index (χ4n) is 2.47. The molecule has 1 N–H and O–H groups in total. The van der Waals surface area contributed by atoms with Gasteiger partial charge in [0.15, 0.2) is 5.17 Å². The number of amides is 1. The Labute approximate surface area is 189 Å². The minimum atomic E-state index is -0.108. The van der Waals surface area contributed by atoms with Crippen LogP contribution in [0.4, 0.5) is 5.69 Å². The van der Waals surface area contributed by atoms with Gasteiger partial charge < -0.3 is 9.84 Å². The van der Waals surface area contributed by atoms with Crippen LogP contribution < -0.4 is 4.74 Å². The molecule has 0 saturated carbocycles. The third-order valence-corrected chi connectivity index (χ3v) is 6.30. The number of thioether (sulfide) groups is 1. The number of phenolic OH excluding ortho intramolecular Hbond substituents is 1. The zero-order valence-electron chi connectivity index (χ0n) is 14.6. The third kappa shape index (κ3) is 4.60. The molecule has 1 fully saturated rings. The number of methoxy groups -OCH3 is 1. The lowest BCUT2D eigenvalue weighted by Gasteiger charge is -2.12. The summed E-state index contributed by atoms with van der Waals surface area (Å²) >= 11 is 5.59. The van der Waals surface area contributed by atoms with Crippen molar-refractivity contribution in [2.24, 2.45) is 4.99 Å². The van der Waals surface area contributed by atoms with Crippen LogP contribution >= 0.6 is 56.9 Å². The van der Waals surface area contributed by atoms with Gasteiger partial charge in [0.05, 0.1) is 21.3 Å². The summed E-state index contributed by atoms with van der Waals surface area (Å²) in [7, 11) is 1.61. The summed E-state index contributed by atoms with van der Waals surface area (Å²) in [5.41, 5.74) is 1.38. The van der Waals surface area contributed by atoms with Crippen LogP contribution in [0.3, 0.4) is 0 Å². The minimum absolute atomic E-state index is 0.108. The molecule has 27 heavy (non-hydrogen) atoms. The molecule has 1 aliphatic heterocycles. The van der Waals surface area contributed by atoms with E-state index in [2.05, 4.69) is 50.2 Å². The number of amidine groups is 1. The standard InChI is InChI=1S/C19H16I2N2O3S/c1-3-23-18(25)16(9-11-8-12(20)10-15(21)17(11)24)27-19(23)22-13-4-6-14(26-2)7-5-13/h4-10,24H,3H2,1-2H3/b16-9+,22-19?. The number of benzene rings is 2. The second-order valence-corrected chi connectivity index (χ2v) is 8.99. The van der Waals surface area contributed by atoms with Crippen molar-refractivity contribution in [3.63, 3.8) is 0 Å². The van der Waals surface area contributed by atoms with Gasteiger partial charge in [-0.3, -0.25) is 9.69 Å². The third-order valence-electron chi connectivity index (χ3n) is 3.85. The number of aliphatic imine (C=N–C) groups is 1. The molecule has 2 aromatic rings. The van der Waals surface area contributed by atoms with Gasteiger partial charge in [-0.1, -0.05) is 0 Å². The van der Waals surface area contributed by atoms with Crippen LogP contribution in [0.15, 0.2) is 46.3 Å². The molecule has 0 spiro atoms. The molecule has 2 aromatic carbocycles. The van der Waals surface area contributed by atoms with E-state index in [4.69, 9.17) is 4.74 Å². The molecule has 0 atom stereocenters. The van der Waals surface area contributed by atoms with E-state index in [0.29, 0.717) is 22.2 Å². The van der Waals surface area contributed by atoms with E-state index in [1.165, 1.54) is 11.8 Å². The van der Waals surface area contributed by atoms with E-state index in [-0.39, 0.29) is 11.7 Å². The van der Waals surface area contributed by atoms with E-state index >= 15 is 0 Å². The number of nitrogens with zero attached hydrogens (tertiary/aromatic N) is 2. The molecule has 5 nitrogen and oxygen atoms in total. The average molecular weight is 606 g/mol. The molecule has 1 heterocycles. The quantitative estimate of drug-likeness (QED) is 0.383. The first-order valence-electron chi connectivity index (χ1n) is 8.05. The van der Waals surface area contributed by atoms with Crippen molar-refractivity contribution < 1.29 is 14.6 Å². The van der Waals surface area contributed by atoms with Gasteiger partial charge in [0.2, 0.25) is 0 Å². The number of rotatable bonds is 4. The van der Waals surface area contributed by atoms with Gasteiger partial charge in [0, 0.05) is 15.7 Å². The normalized spacial score (nSPS) is 17.2. The maximum atomic E-state index is 12.8. The van der Waals surface area contributed by atoms with Crippen molar-refractivity contribution >= 4 is 79.8 Å². The van der Waals surface area contributed by atoms with E-state index in [1.54, 1.807) is 18.1 Å². The molecule has 0 aromatic heterocycles. The van der Waals surface area contributed by atoms with Crippen LogP contribution in [0.1, 0.15) is 12.5 Å². The van der Waals surface area contributed by atoms with E-state index in [1.807, 2.05) is 43.3 Å². The van der Waals surface area contributed by atoms with Gasteiger partial charge >= 0.3 is 0 Å². The van der Waals surface area contributed by atoms with Crippen molar-refractivity contribution in [2.75, 3.05) is 13.7 Å². The molecule has 140 valence electrons.